The van der Waals surface area contributed by atoms with E-state index in [9.17, 15) is 19.8 Å². The maximum atomic E-state index is 9.55. The zero-order chi connectivity index (χ0) is 19.0. The zero-order valence-corrected chi connectivity index (χ0v) is 13.9. The molecule has 0 saturated heterocycles. The highest BCUT2D eigenvalue weighted by Gasteiger charge is 2.22. The van der Waals surface area contributed by atoms with Crippen molar-refractivity contribution < 1.29 is 30.0 Å². The van der Waals surface area contributed by atoms with E-state index in [-0.39, 0.29) is 16.9 Å². The highest BCUT2D eigenvalue weighted by atomic mass is 16.4. The third-order valence-electron chi connectivity index (χ3n) is 3.55. The van der Waals surface area contributed by atoms with Crippen molar-refractivity contribution in [2.24, 2.45) is 0 Å². The topological polar surface area (TPSA) is 115 Å². The van der Waals surface area contributed by atoms with Crippen molar-refractivity contribution in [1.82, 2.24) is 0 Å². The number of carboxylic acid groups (broad SMARTS) is 2. The summed E-state index contributed by atoms with van der Waals surface area (Å²) in [6.45, 7) is 4.23. The van der Waals surface area contributed by atoms with Crippen LogP contribution >= 0.6 is 0 Å². The van der Waals surface area contributed by atoms with Crippen molar-refractivity contribution in [2.45, 2.75) is 19.3 Å². The molecule has 132 valence electrons. The molecular weight excluding hydrogens is 324 g/mol. The lowest BCUT2D eigenvalue weighted by atomic mass is 9.78. The van der Waals surface area contributed by atoms with Gasteiger partial charge in [-0.15, -0.1) is 0 Å². The quantitative estimate of drug-likeness (QED) is 0.633. The second-order valence-corrected chi connectivity index (χ2v) is 5.73. The second kappa shape index (κ2) is 8.54. The van der Waals surface area contributed by atoms with E-state index in [4.69, 9.17) is 10.2 Å². The van der Waals surface area contributed by atoms with E-state index in [0.29, 0.717) is 12.2 Å². The Labute approximate surface area is 145 Å². The Morgan fingerprint density at radius 1 is 0.720 bits per heavy atom. The molecule has 2 aromatic carbocycles. The Morgan fingerprint density at radius 2 is 1.00 bits per heavy atom. The van der Waals surface area contributed by atoms with Gasteiger partial charge in [0.2, 0.25) is 0 Å². The number of aromatic hydroxyl groups is 2. The van der Waals surface area contributed by atoms with Crippen LogP contribution in [0.25, 0.3) is 0 Å². The Bertz CT molecular complexity index is 679. The number of benzene rings is 2. The second-order valence-electron chi connectivity index (χ2n) is 5.73. The van der Waals surface area contributed by atoms with E-state index in [2.05, 4.69) is 13.8 Å². The fourth-order valence-corrected chi connectivity index (χ4v) is 2.07. The maximum Gasteiger partial charge on any atom is 0.328 e. The minimum atomic E-state index is -1.26. The van der Waals surface area contributed by atoms with Gasteiger partial charge in [0.25, 0.3) is 0 Å². The third kappa shape index (κ3) is 6.39. The van der Waals surface area contributed by atoms with Crippen molar-refractivity contribution in [2.75, 3.05) is 0 Å². The maximum absolute atomic E-state index is 9.55. The smallest absolute Gasteiger partial charge is 0.328 e. The molecular formula is C19H20O6. The van der Waals surface area contributed by atoms with Crippen molar-refractivity contribution >= 4 is 11.9 Å². The van der Waals surface area contributed by atoms with Gasteiger partial charge >= 0.3 is 11.9 Å². The molecule has 0 aromatic heterocycles. The van der Waals surface area contributed by atoms with Gasteiger partial charge in [-0.1, -0.05) is 38.1 Å². The average molecular weight is 344 g/mol. The summed E-state index contributed by atoms with van der Waals surface area (Å²) in [5.41, 5.74) is 2.10. The van der Waals surface area contributed by atoms with Crippen molar-refractivity contribution in [3.8, 4) is 11.5 Å². The van der Waals surface area contributed by atoms with Crippen LogP contribution in [-0.4, -0.2) is 32.4 Å². The summed E-state index contributed by atoms with van der Waals surface area (Å²) >= 11 is 0. The molecule has 0 saturated carbocycles. The Balaban J connectivity index is 0.000000333. The molecule has 6 nitrogen and oxygen atoms in total. The van der Waals surface area contributed by atoms with Crippen molar-refractivity contribution in [3.63, 3.8) is 0 Å². The van der Waals surface area contributed by atoms with Crippen LogP contribution in [0.15, 0.2) is 60.7 Å². The monoisotopic (exact) mass is 344 g/mol. The summed E-state index contributed by atoms with van der Waals surface area (Å²) in [4.78, 5) is 19.1. The molecule has 0 aliphatic rings. The standard InChI is InChI=1S/C15H16O2.C4H4O4/c1-15(2,11-3-7-13(16)8-4-11)12-5-9-14(17)10-6-12;5-3(6)1-2-4(7)8/h3-10,16-17H,1-2H3;1-2H,(H,5,6)(H,7,8)/b;2-1+. The van der Waals surface area contributed by atoms with Gasteiger partial charge in [0, 0.05) is 17.6 Å². The summed E-state index contributed by atoms with van der Waals surface area (Å²) < 4.78 is 0. The van der Waals surface area contributed by atoms with Crippen LogP contribution in [0.3, 0.4) is 0 Å². The molecule has 0 fully saturated rings. The SMILES string of the molecule is CC(C)(c1ccc(O)cc1)c1ccc(O)cc1.O=C(O)/C=C/C(=O)O. The molecule has 0 spiro atoms. The van der Waals surface area contributed by atoms with Crippen LogP contribution in [-0.2, 0) is 15.0 Å². The number of rotatable bonds is 4. The molecule has 0 aliphatic carbocycles. The molecule has 2 rings (SSSR count). The van der Waals surface area contributed by atoms with Crippen LogP contribution in [0, 0.1) is 0 Å². The van der Waals surface area contributed by atoms with Crippen LogP contribution in [0.5, 0.6) is 11.5 Å². The number of carboxylic acids is 2. The van der Waals surface area contributed by atoms with Crippen molar-refractivity contribution in [1.29, 1.82) is 0 Å². The predicted octanol–water partition coefficient (Wildman–Crippen LogP) is 3.14. The van der Waals surface area contributed by atoms with Crippen LogP contribution < -0.4 is 0 Å². The van der Waals surface area contributed by atoms with E-state index in [0.717, 1.165) is 11.1 Å². The normalized spacial score (nSPS) is 10.8. The highest BCUT2D eigenvalue weighted by molar-refractivity contribution is 5.89. The number of hydrogen-bond acceptors (Lipinski definition) is 4. The number of aliphatic carboxylic acids is 2. The Kier molecular flexibility index (Phi) is 6.75. The third-order valence-corrected chi connectivity index (χ3v) is 3.55. The first kappa shape index (κ1) is 19.8. The zero-order valence-electron chi connectivity index (χ0n) is 13.9. The highest BCUT2D eigenvalue weighted by Crippen LogP contribution is 2.32. The molecule has 0 aliphatic heterocycles. The van der Waals surface area contributed by atoms with Gasteiger partial charge in [0.1, 0.15) is 11.5 Å². The first-order chi connectivity index (χ1) is 11.6. The lowest BCUT2D eigenvalue weighted by Crippen LogP contribution is -2.18. The molecule has 4 N–H and O–H groups in total. The summed E-state index contributed by atoms with van der Waals surface area (Å²) in [6, 6.07) is 14.4. The van der Waals surface area contributed by atoms with Gasteiger partial charge in [-0.3, -0.25) is 0 Å². The van der Waals surface area contributed by atoms with E-state index in [1.807, 2.05) is 24.3 Å². The van der Waals surface area contributed by atoms with Crippen LogP contribution in [0.2, 0.25) is 0 Å². The summed E-state index contributed by atoms with van der Waals surface area (Å²) in [6.07, 6.45) is 1.12. The van der Waals surface area contributed by atoms with E-state index >= 15 is 0 Å². The number of hydrogen-bond donors (Lipinski definition) is 4. The van der Waals surface area contributed by atoms with E-state index in [1.54, 1.807) is 24.3 Å². The Hall–Kier alpha value is -3.28. The van der Waals surface area contributed by atoms with Gasteiger partial charge in [0.15, 0.2) is 0 Å². The minimum absolute atomic E-state index is 0.151. The van der Waals surface area contributed by atoms with E-state index < -0.39 is 11.9 Å². The number of phenolic OH excluding ortho intramolecular Hbond substituents is 2. The Morgan fingerprint density at radius 3 is 1.24 bits per heavy atom. The van der Waals surface area contributed by atoms with Gasteiger partial charge in [-0.25, -0.2) is 9.59 Å². The molecule has 0 atom stereocenters. The molecule has 0 heterocycles. The van der Waals surface area contributed by atoms with E-state index in [1.165, 1.54) is 0 Å². The minimum Gasteiger partial charge on any atom is -0.508 e. The van der Waals surface area contributed by atoms with Gasteiger partial charge in [0.05, 0.1) is 0 Å². The van der Waals surface area contributed by atoms with Gasteiger partial charge < -0.3 is 20.4 Å². The fraction of sp³-hybridized carbons (Fsp3) is 0.158. The lowest BCUT2D eigenvalue weighted by Gasteiger charge is -2.26. The molecule has 0 bridgehead atoms. The average Bonchev–Trinajstić information content (AvgIpc) is 2.54. The molecule has 0 amide bonds. The largest absolute Gasteiger partial charge is 0.508 e. The number of phenols is 2. The molecule has 25 heavy (non-hydrogen) atoms. The molecule has 2 aromatic rings. The van der Waals surface area contributed by atoms with Gasteiger partial charge in [-0.05, 0) is 35.4 Å². The first-order valence-electron chi connectivity index (χ1n) is 7.36. The first-order valence-corrected chi connectivity index (χ1v) is 7.36. The molecule has 0 radical (unpaired) electrons. The molecule has 6 heteroatoms. The summed E-state index contributed by atoms with van der Waals surface area (Å²) in [7, 11) is 0. The summed E-state index contributed by atoms with van der Waals surface area (Å²) in [5.74, 6) is -1.97. The van der Waals surface area contributed by atoms with Crippen LogP contribution in [0.4, 0.5) is 0 Å². The number of carbonyl (C=O) groups is 2. The lowest BCUT2D eigenvalue weighted by molar-refractivity contribution is -0.134. The van der Waals surface area contributed by atoms with Gasteiger partial charge in [-0.2, -0.15) is 0 Å². The predicted molar refractivity (Wildman–Crippen MR) is 92.8 cm³/mol. The fourth-order valence-electron chi connectivity index (χ4n) is 2.07. The molecule has 0 unspecified atom stereocenters. The van der Waals surface area contributed by atoms with Crippen molar-refractivity contribution in [3.05, 3.63) is 71.8 Å². The van der Waals surface area contributed by atoms with Crippen LogP contribution in [0.1, 0.15) is 25.0 Å². The summed E-state index contributed by atoms with van der Waals surface area (Å²) in [5, 5.41) is 34.2.